The third kappa shape index (κ3) is 3.23. The summed E-state index contributed by atoms with van der Waals surface area (Å²) in [4.78, 5) is 23.8. The average Bonchev–Trinajstić information content (AvgIpc) is 2.94. The summed E-state index contributed by atoms with van der Waals surface area (Å²) in [7, 11) is 1.85. The highest BCUT2D eigenvalue weighted by atomic mass is 35.5. The molecule has 1 heterocycles. The lowest BCUT2D eigenvalue weighted by molar-refractivity contribution is -0.153. The summed E-state index contributed by atoms with van der Waals surface area (Å²) < 4.78 is 53.3. The van der Waals surface area contributed by atoms with Crippen LogP contribution >= 0.6 is 11.6 Å². The SMILES string of the molecule is COC(=O)c1c(-c2cccc(Cl)c2)oc(C(F)(F)F)c1C(=O)OC. The molecule has 2 rings (SSSR count). The first-order chi connectivity index (χ1) is 11.2. The van der Waals surface area contributed by atoms with Crippen molar-refractivity contribution in [3.05, 3.63) is 46.2 Å². The first-order valence-corrected chi connectivity index (χ1v) is 6.75. The maximum absolute atomic E-state index is 13.2. The van der Waals surface area contributed by atoms with Gasteiger partial charge >= 0.3 is 18.1 Å². The molecule has 0 atom stereocenters. The minimum Gasteiger partial charge on any atom is -0.465 e. The van der Waals surface area contributed by atoms with Gasteiger partial charge in [-0.3, -0.25) is 0 Å². The molecule has 0 unspecified atom stereocenters. The van der Waals surface area contributed by atoms with Gasteiger partial charge < -0.3 is 13.9 Å². The second kappa shape index (κ2) is 6.56. The third-order valence-electron chi connectivity index (χ3n) is 3.03. The molecule has 0 radical (unpaired) electrons. The van der Waals surface area contributed by atoms with Crippen LogP contribution in [0.4, 0.5) is 13.2 Å². The largest absolute Gasteiger partial charge is 0.465 e. The fourth-order valence-corrected chi connectivity index (χ4v) is 2.25. The van der Waals surface area contributed by atoms with Crippen molar-refractivity contribution in [2.75, 3.05) is 14.2 Å². The average molecular weight is 363 g/mol. The molecule has 0 fully saturated rings. The van der Waals surface area contributed by atoms with Crippen LogP contribution in [0.15, 0.2) is 28.7 Å². The Kier molecular flexibility index (Phi) is 4.88. The van der Waals surface area contributed by atoms with Gasteiger partial charge in [-0.25, -0.2) is 9.59 Å². The summed E-state index contributed by atoms with van der Waals surface area (Å²) >= 11 is 5.82. The van der Waals surface area contributed by atoms with E-state index in [9.17, 15) is 22.8 Å². The van der Waals surface area contributed by atoms with E-state index in [4.69, 9.17) is 16.0 Å². The van der Waals surface area contributed by atoms with Crippen LogP contribution in [0.3, 0.4) is 0 Å². The second-order valence-corrected chi connectivity index (χ2v) is 4.94. The molecule has 1 aromatic heterocycles. The van der Waals surface area contributed by atoms with Crippen molar-refractivity contribution in [3.63, 3.8) is 0 Å². The van der Waals surface area contributed by atoms with E-state index in [2.05, 4.69) is 9.47 Å². The molecular weight excluding hydrogens is 353 g/mol. The van der Waals surface area contributed by atoms with E-state index < -0.39 is 40.8 Å². The van der Waals surface area contributed by atoms with Gasteiger partial charge in [0, 0.05) is 10.6 Å². The van der Waals surface area contributed by atoms with E-state index in [1.165, 1.54) is 24.3 Å². The number of furan rings is 1. The summed E-state index contributed by atoms with van der Waals surface area (Å²) in [6, 6.07) is 5.59. The van der Waals surface area contributed by atoms with E-state index in [1.807, 2.05) is 0 Å². The van der Waals surface area contributed by atoms with Gasteiger partial charge in [0.2, 0.25) is 5.76 Å². The van der Waals surface area contributed by atoms with Crippen molar-refractivity contribution in [2.24, 2.45) is 0 Å². The smallest absolute Gasteiger partial charge is 0.450 e. The molecular formula is C15H10ClF3O5. The lowest BCUT2D eigenvalue weighted by Gasteiger charge is -2.05. The molecule has 0 saturated carbocycles. The highest BCUT2D eigenvalue weighted by Gasteiger charge is 2.45. The number of carbonyl (C=O) groups is 2. The van der Waals surface area contributed by atoms with Crippen LogP contribution < -0.4 is 0 Å². The molecule has 0 amide bonds. The topological polar surface area (TPSA) is 65.7 Å². The predicted octanol–water partition coefficient (Wildman–Crippen LogP) is 4.19. The van der Waals surface area contributed by atoms with Crippen LogP contribution in [-0.4, -0.2) is 26.2 Å². The zero-order chi connectivity index (χ0) is 18.1. The molecule has 24 heavy (non-hydrogen) atoms. The number of hydrogen-bond acceptors (Lipinski definition) is 5. The number of methoxy groups -OCH3 is 2. The van der Waals surface area contributed by atoms with Gasteiger partial charge in [0.25, 0.3) is 0 Å². The molecule has 0 N–H and O–H groups in total. The second-order valence-electron chi connectivity index (χ2n) is 4.50. The number of halogens is 4. The van der Waals surface area contributed by atoms with E-state index in [-0.39, 0.29) is 10.6 Å². The molecule has 0 spiro atoms. The zero-order valence-electron chi connectivity index (χ0n) is 12.4. The highest BCUT2D eigenvalue weighted by molar-refractivity contribution is 6.30. The van der Waals surface area contributed by atoms with E-state index in [1.54, 1.807) is 0 Å². The fraction of sp³-hybridized carbons (Fsp3) is 0.200. The van der Waals surface area contributed by atoms with Crippen molar-refractivity contribution >= 4 is 23.5 Å². The molecule has 0 aliphatic heterocycles. The Hall–Kier alpha value is -2.48. The lowest BCUT2D eigenvalue weighted by atomic mass is 10.0. The Morgan fingerprint density at radius 2 is 1.67 bits per heavy atom. The van der Waals surface area contributed by atoms with Gasteiger partial charge in [0.05, 0.1) is 14.2 Å². The van der Waals surface area contributed by atoms with Crippen molar-refractivity contribution in [1.29, 1.82) is 0 Å². The molecule has 0 bridgehead atoms. The quantitative estimate of drug-likeness (QED) is 0.766. The molecule has 0 aliphatic rings. The molecule has 1 aromatic carbocycles. The molecule has 2 aromatic rings. The minimum absolute atomic E-state index is 0.0727. The minimum atomic E-state index is -5.02. The zero-order valence-corrected chi connectivity index (χ0v) is 13.1. The highest BCUT2D eigenvalue weighted by Crippen LogP contribution is 2.41. The van der Waals surface area contributed by atoms with Crippen LogP contribution in [-0.2, 0) is 15.7 Å². The van der Waals surface area contributed by atoms with Crippen molar-refractivity contribution in [3.8, 4) is 11.3 Å². The van der Waals surface area contributed by atoms with Crippen LogP contribution in [0, 0.1) is 0 Å². The number of carbonyl (C=O) groups excluding carboxylic acids is 2. The maximum Gasteiger partial charge on any atom is 0.450 e. The third-order valence-corrected chi connectivity index (χ3v) is 3.27. The van der Waals surface area contributed by atoms with Gasteiger partial charge in [0.1, 0.15) is 16.9 Å². The van der Waals surface area contributed by atoms with Gasteiger partial charge in [-0.1, -0.05) is 23.7 Å². The number of hydrogen-bond donors (Lipinski definition) is 0. The van der Waals surface area contributed by atoms with Gasteiger partial charge in [0.15, 0.2) is 0 Å². The van der Waals surface area contributed by atoms with Gasteiger partial charge in [-0.15, -0.1) is 0 Å². The molecule has 0 aliphatic carbocycles. The number of benzene rings is 1. The Bertz CT molecular complexity index is 795. The Morgan fingerprint density at radius 1 is 1.08 bits per heavy atom. The van der Waals surface area contributed by atoms with Crippen molar-refractivity contribution in [2.45, 2.75) is 6.18 Å². The molecule has 0 saturated heterocycles. The van der Waals surface area contributed by atoms with E-state index in [0.29, 0.717) is 0 Å². The normalized spacial score (nSPS) is 11.2. The Labute approximate surface area is 138 Å². The van der Waals surface area contributed by atoms with Crippen LogP contribution in [0.1, 0.15) is 26.5 Å². The lowest BCUT2D eigenvalue weighted by Crippen LogP contribution is -2.16. The number of alkyl halides is 3. The fourth-order valence-electron chi connectivity index (χ4n) is 2.06. The Morgan fingerprint density at radius 3 is 2.17 bits per heavy atom. The summed E-state index contributed by atoms with van der Waals surface area (Å²) in [5, 5.41) is 0.202. The van der Waals surface area contributed by atoms with E-state index in [0.717, 1.165) is 14.2 Å². The predicted molar refractivity (Wildman–Crippen MR) is 76.8 cm³/mol. The van der Waals surface area contributed by atoms with Crippen LogP contribution in [0.25, 0.3) is 11.3 Å². The summed E-state index contributed by atoms with van der Waals surface area (Å²) in [5.41, 5.74) is -1.66. The summed E-state index contributed by atoms with van der Waals surface area (Å²) in [6.45, 7) is 0. The summed E-state index contributed by atoms with van der Waals surface area (Å²) in [5.74, 6) is -4.69. The van der Waals surface area contributed by atoms with Gasteiger partial charge in [-0.05, 0) is 12.1 Å². The van der Waals surface area contributed by atoms with Crippen molar-refractivity contribution in [1.82, 2.24) is 0 Å². The first kappa shape index (κ1) is 17.9. The molecule has 128 valence electrons. The van der Waals surface area contributed by atoms with Crippen LogP contribution in [0.2, 0.25) is 5.02 Å². The first-order valence-electron chi connectivity index (χ1n) is 6.37. The number of rotatable bonds is 3. The maximum atomic E-state index is 13.2. The van der Waals surface area contributed by atoms with Gasteiger partial charge in [-0.2, -0.15) is 13.2 Å². The monoisotopic (exact) mass is 362 g/mol. The number of esters is 2. The standard InChI is InChI=1S/C15H10ClF3O5/c1-22-13(20)9-10(14(21)23-2)12(15(17,18)19)24-11(9)7-4-3-5-8(16)6-7/h3-6H,1-2H3. The van der Waals surface area contributed by atoms with E-state index >= 15 is 0 Å². The molecule has 5 nitrogen and oxygen atoms in total. The summed E-state index contributed by atoms with van der Waals surface area (Å²) in [6.07, 6.45) is -5.02. The Balaban J connectivity index is 2.87. The van der Waals surface area contributed by atoms with Crippen LogP contribution in [0.5, 0.6) is 0 Å². The number of ether oxygens (including phenoxy) is 2. The van der Waals surface area contributed by atoms with Crippen molar-refractivity contribution < 1.29 is 36.7 Å². The molecule has 9 heteroatoms.